The molecule has 31 heavy (non-hydrogen) atoms. The van der Waals surface area contributed by atoms with Crippen LogP contribution in [0.4, 0.5) is 5.69 Å². The van der Waals surface area contributed by atoms with Crippen molar-refractivity contribution in [3.63, 3.8) is 0 Å². The molecule has 0 atom stereocenters. The van der Waals surface area contributed by atoms with E-state index in [-0.39, 0.29) is 18.2 Å². The van der Waals surface area contributed by atoms with Crippen molar-refractivity contribution in [2.45, 2.75) is 13.1 Å². The van der Waals surface area contributed by atoms with Gasteiger partial charge < -0.3 is 14.7 Å². The van der Waals surface area contributed by atoms with Crippen molar-refractivity contribution in [2.24, 2.45) is 10.2 Å². The Morgan fingerprint density at radius 3 is 2.48 bits per heavy atom. The number of methoxy groups -OCH3 is 1. The normalized spacial score (nSPS) is 15.7. The number of aromatic hydroxyl groups is 1. The largest absolute Gasteiger partial charge is 0.497 e. The molecule has 3 aromatic rings. The number of aromatic nitrogens is 1. The zero-order chi connectivity index (χ0) is 21.8. The number of likely N-dealkylation sites (N-methyl/N-ethyl adjacent to an activating group) is 1. The number of ether oxygens (including phenoxy) is 1. The standard InChI is InChI=1S/C23H27N5O3/c1-26-11-13-27(14-12-26)16-28-20-6-4-3-5-19(20)22(23(28)30)25-24-21(29)15-17-7-9-18(31-2)10-8-17/h3-10,30H,11-16H2,1-2H3. The van der Waals surface area contributed by atoms with Gasteiger partial charge in [0.2, 0.25) is 5.88 Å². The molecule has 162 valence electrons. The number of hydrogen-bond acceptors (Lipinski definition) is 6. The third-order valence-corrected chi connectivity index (χ3v) is 5.63. The van der Waals surface area contributed by atoms with Crippen molar-refractivity contribution in [3.05, 3.63) is 54.1 Å². The molecule has 4 rings (SSSR count). The van der Waals surface area contributed by atoms with Gasteiger partial charge in [-0.15, -0.1) is 10.2 Å². The summed E-state index contributed by atoms with van der Waals surface area (Å²) in [4.78, 5) is 16.9. The minimum absolute atomic E-state index is 0.0288. The molecule has 1 amide bonds. The van der Waals surface area contributed by atoms with Crippen molar-refractivity contribution < 1.29 is 14.6 Å². The summed E-state index contributed by atoms with van der Waals surface area (Å²) in [5.41, 5.74) is 2.02. The fraction of sp³-hybridized carbons (Fsp3) is 0.348. The number of fused-ring (bicyclic) bond motifs is 1. The summed E-state index contributed by atoms with van der Waals surface area (Å²) in [6.07, 6.45) is 0.133. The number of carbonyl (C=O) groups excluding carboxylic acids is 1. The average molecular weight is 422 g/mol. The van der Waals surface area contributed by atoms with Crippen molar-refractivity contribution in [3.8, 4) is 11.6 Å². The number of hydrogen-bond donors (Lipinski definition) is 1. The van der Waals surface area contributed by atoms with Gasteiger partial charge in [-0.05, 0) is 30.8 Å². The van der Waals surface area contributed by atoms with Crippen LogP contribution in [0.15, 0.2) is 58.8 Å². The Hall–Kier alpha value is -3.23. The van der Waals surface area contributed by atoms with E-state index < -0.39 is 0 Å². The first-order valence-corrected chi connectivity index (χ1v) is 10.3. The lowest BCUT2D eigenvalue weighted by molar-refractivity contribution is -0.117. The minimum atomic E-state index is -0.375. The fourth-order valence-electron chi connectivity index (χ4n) is 3.76. The molecule has 0 unspecified atom stereocenters. The van der Waals surface area contributed by atoms with Crippen molar-refractivity contribution in [1.29, 1.82) is 0 Å². The molecule has 1 aliphatic heterocycles. The highest BCUT2D eigenvalue weighted by Crippen LogP contribution is 2.39. The van der Waals surface area contributed by atoms with Gasteiger partial charge in [-0.3, -0.25) is 14.3 Å². The van der Waals surface area contributed by atoms with Gasteiger partial charge in [0, 0.05) is 31.6 Å². The molecule has 1 saturated heterocycles. The predicted octanol–water partition coefficient (Wildman–Crippen LogP) is 3.41. The number of azo groups is 1. The summed E-state index contributed by atoms with van der Waals surface area (Å²) in [6.45, 7) is 4.41. The fourth-order valence-corrected chi connectivity index (χ4v) is 3.76. The summed E-state index contributed by atoms with van der Waals surface area (Å²) >= 11 is 0. The Morgan fingerprint density at radius 1 is 1.06 bits per heavy atom. The number of rotatable bonds is 6. The Kier molecular flexibility index (Phi) is 6.29. The Balaban J connectivity index is 1.54. The lowest BCUT2D eigenvalue weighted by Gasteiger charge is -2.32. The molecule has 8 nitrogen and oxygen atoms in total. The first-order valence-electron chi connectivity index (χ1n) is 10.3. The van der Waals surface area contributed by atoms with E-state index in [1.807, 2.05) is 41.0 Å². The molecule has 1 aromatic heterocycles. The number of piperazine rings is 1. The van der Waals surface area contributed by atoms with Crippen LogP contribution in [0.1, 0.15) is 5.56 Å². The third-order valence-electron chi connectivity index (χ3n) is 5.63. The predicted molar refractivity (Wildman–Crippen MR) is 119 cm³/mol. The summed E-state index contributed by atoms with van der Waals surface area (Å²) in [6, 6.07) is 14.9. The van der Waals surface area contributed by atoms with Gasteiger partial charge in [-0.25, -0.2) is 0 Å². The number of para-hydroxylation sites is 1. The van der Waals surface area contributed by atoms with Crippen LogP contribution in [-0.2, 0) is 17.9 Å². The van der Waals surface area contributed by atoms with Crippen LogP contribution in [0.25, 0.3) is 10.9 Å². The van der Waals surface area contributed by atoms with E-state index in [9.17, 15) is 9.90 Å². The van der Waals surface area contributed by atoms with Crippen LogP contribution in [0.5, 0.6) is 11.6 Å². The van der Waals surface area contributed by atoms with Crippen LogP contribution >= 0.6 is 0 Å². The molecule has 0 bridgehead atoms. The molecule has 1 fully saturated rings. The second-order valence-electron chi connectivity index (χ2n) is 7.80. The van der Waals surface area contributed by atoms with Crippen LogP contribution in [0.3, 0.4) is 0 Å². The van der Waals surface area contributed by atoms with E-state index in [4.69, 9.17) is 4.74 Å². The highest BCUT2D eigenvalue weighted by atomic mass is 16.5. The van der Waals surface area contributed by atoms with E-state index in [1.165, 1.54) is 0 Å². The summed E-state index contributed by atoms with van der Waals surface area (Å²) in [7, 11) is 3.71. The molecule has 0 radical (unpaired) electrons. The van der Waals surface area contributed by atoms with Crippen LogP contribution in [-0.4, -0.2) is 65.7 Å². The van der Waals surface area contributed by atoms with Gasteiger partial charge in [0.25, 0.3) is 5.91 Å². The van der Waals surface area contributed by atoms with Gasteiger partial charge in [0.05, 0.1) is 25.7 Å². The third kappa shape index (κ3) is 4.76. The average Bonchev–Trinajstić information content (AvgIpc) is 3.05. The van der Waals surface area contributed by atoms with Gasteiger partial charge in [0.1, 0.15) is 5.75 Å². The van der Waals surface area contributed by atoms with E-state index in [1.54, 1.807) is 19.2 Å². The first-order chi connectivity index (χ1) is 15.0. The van der Waals surface area contributed by atoms with E-state index >= 15 is 0 Å². The molecular formula is C23H27N5O3. The zero-order valence-corrected chi connectivity index (χ0v) is 17.9. The SMILES string of the molecule is COc1ccc(CC(=O)N=Nc2c(O)n(CN3CCN(C)CC3)c3ccccc23)cc1. The maximum absolute atomic E-state index is 12.3. The van der Waals surface area contributed by atoms with Crippen molar-refractivity contribution in [2.75, 3.05) is 40.3 Å². The monoisotopic (exact) mass is 421 g/mol. The second-order valence-corrected chi connectivity index (χ2v) is 7.80. The molecular weight excluding hydrogens is 394 g/mol. The summed E-state index contributed by atoms with van der Waals surface area (Å²) < 4.78 is 6.97. The van der Waals surface area contributed by atoms with E-state index in [0.717, 1.165) is 48.4 Å². The smallest absolute Gasteiger partial charge is 0.269 e. The van der Waals surface area contributed by atoms with Crippen molar-refractivity contribution >= 4 is 22.5 Å². The lowest BCUT2D eigenvalue weighted by atomic mass is 10.1. The van der Waals surface area contributed by atoms with Gasteiger partial charge in [0.15, 0.2) is 5.69 Å². The molecule has 1 aliphatic rings. The van der Waals surface area contributed by atoms with Crippen LogP contribution < -0.4 is 4.74 Å². The quantitative estimate of drug-likeness (QED) is 0.617. The molecule has 2 aromatic carbocycles. The topological polar surface area (TPSA) is 82.7 Å². The number of nitrogens with zero attached hydrogens (tertiary/aromatic N) is 5. The van der Waals surface area contributed by atoms with Gasteiger partial charge in [-0.2, -0.15) is 0 Å². The highest BCUT2D eigenvalue weighted by molar-refractivity contribution is 5.95. The van der Waals surface area contributed by atoms with Crippen LogP contribution in [0, 0.1) is 0 Å². The number of carbonyl (C=O) groups is 1. The molecule has 8 heteroatoms. The maximum Gasteiger partial charge on any atom is 0.269 e. The minimum Gasteiger partial charge on any atom is -0.497 e. The van der Waals surface area contributed by atoms with Gasteiger partial charge >= 0.3 is 0 Å². The Morgan fingerprint density at radius 2 is 1.77 bits per heavy atom. The lowest BCUT2D eigenvalue weighted by Crippen LogP contribution is -2.44. The van der Waals surface area contributed by atoms with E-state index in [2.05, 4.69) is 27.1 Å². The second kappa shape index (κ2) is 9.28. The van der Waals surface area contributed by atoms with Crippen molar-refractivity contribution in [1.82, 2.24) is 14.4 Å². The Labute approximate surface area is 181 Å². The van der Waals surface area contributed by atoms with Crippen LogP contribution in [0.2, 0.25) is 0 Å². The highest BCUT2D eigenvalue weighted by Gasteiger charge is 2.20. The number of amides is 1. The summed E-state index contributed by atoms with van der Waals surface area (Å²) in [5.74, 6) is 0.387. The zero-order valence-electron chi connectivity index (χ0n) is 17.9. The molecule has 2 heterocycles. The molecule has 1 N–H and O–H groups in total. The molecule has 0 spiro atoms. The van der Waals surface area contributed by atoms with E-state index in [0.29, 0.717) is 12.4 Å². The van der Waals surface area contributed by atoms with Gasteiger partial charge in [-0.1, -0.05) is 30.3 Å². The first kappa shape index (κ1) is 21.0. The number of benzene rings is 2. The Bertz CT molecular complexity index is 1080. The molecule has 0 aliphatic carbocycles. The maximum atomic E-state index is 12.3. The summed E-state index contributed by atoms with van der Waals surface area (Å²) in [5, 5.41) is 19.7. The molecule has 0 saturated carbocycles.